The van der Waals surface area contributed by atoms with Crippen molar-refractivity contribution in [1.82, 2.24) is 10.2 Å². The zero-order valence-corrected chi connectivity index (χ0v) is 12.7. The van der Waals surface area contributed by atoms with E-state index in [4.69, 9.17) is 9.47 Å². The Morgan fingerprint density at radius 3 is 2.37 bits per heavy atom. The Kier molecular flexibility index (Phi) is 5.36. The summed E-state index contributed by atoms with van der Waals surface area (Å²) < 4.78 is 10.8. The van der Waals surface area contributed by atoms with Gasteiger partial charge in [-0.05, 0) is 24.0 Å². The van der Waals surface area contributed by atoms with E-state index in [-0.39, 0.29) is 0 Å². The zero-order valence-electron chi connectivity index (χ0n) is 11.9. The number of nitrogens with zero attached hydrogens (tertiary/aromatic N) is 1. The molecule has 1 aliphatic rings. The molecule has 0 bridgehead atoms. The van der Waals surface area contributed by atoms with Crippen LogP contribution in [0.15, 0.2) is 17.0 Å². The highest BCUT2D eigenvalue weighted by atomic mass is 32.2. The minimum absolute atomic E-state index is 0.802. The normalized spacial score (nSPS) is 16.4. The molecule has 0 unspecified atom stereocenters. The molecule has 1 fully saturated rings. The molecule has 0 aromatic heterocycles. The van der Waals surface area contributed by atoms with Gasteiger partial charge in [0.2, 0.25) is 0 Å². The average Bonchev–Trinajstić information content (AvgIpc) is 2.47. The van der Waals surface area contributed by atoms with Gasteiger partial charge < -0.3 is 14.8 Å². The number of benzene rings is 1. The maximum Gasteiger partial charge on any atom is 0.161 e. The number of hydrogen-bond acceptors (Lipinski definition) is 5. The highest BCUT2D eigenvalue weighted by molar-refractivity contribution is 7.98. The van der Waals surface area contributed by atoms with Crippen molar-refractivity contribution in [3.63, 3.8) is 0 Å². The van der Waals surface area contributed by atoms with E-state index < -0.39 is 0 Å². The number of nitrogens with one attached hydrogen (secondary N) is 1. The minimum Gasteiger partial charge on any atom is -0.493 e. The Labute approximate surface area is 119 Å². The van der Waals surface area contributed by atoms with Crippen LogP contribution in [0.2, 0.25) is 0 Å². The van der Waals surface area contributed by atoms with E-state index in [0.717, 1.165) is 44.2 Å². The fourth-order valence-corrected chi connectivity index (χ4v) is 2.94. The number of rotatable bonds is 5. The Balaban J connectivity index is 2.21. The molecule has 0 radical (unpaired) electrons. The second-order valence-corrected chi connectivity index (χ2v) is 5.39. The van der Waals surface area contributed by atoms with Gasteiger partial charge in [0, 0.05) is 37.6 Å². The molecular formula is C14H22N2O2S. The molecule has 1 heterocycles. The van der Waals surface area contributed by atoms with Crippen molar-refractivity contribution in [3.05, 3.63) is 17.7 Å². The van der Waals surface area contributed by atoms with Crippen LogP contribution in [0.25, 0.3) is 0 Å². The molecule has 2 rings (SSSR count). The van der Waals surface area contributed by atoms with Crippen molar-refractivity contribution in [2.24, 2.45) is 0 Å². The molecule has 106 valence electrons. The first kappa shape index (κ1) is 14.5. The zero-order chi connectivity index (χ0) is 13.7. The number of hydrogen-bond donors (Lipinski definition) is 1. The van der Waals surface area contributed by atoms with E-state index in [1.807, 2.05) is 0 Å². The lowest BCUT2D eigenvalue weighted by molar-refractivity contribution is 0.231. The van der Waals surface area contributed by atoms with Crippen molar-refractivity contribution in [3.8, 4) is 11.5 Å². The first-order valence-corrected chi connectivity index (χ1v) is 7.73. The molecule has 4 nitrogen and oxygen atoms in total. The van der Waals surface area contributed by atoms with Crippen LogP contribution in [0.5, 0.6) is 11.5 Å². The molecule has 1 saturated heterocycles. The van der Waals surface area contributed by atoms with Crippen molar-refractivity contribution in [2.75, 3.05) is 46.7 Å². The lowest BCUT2D eigenvalue weighted by atomic mass is 10.1. The van der Waals surface area contributed by atoms with E-state index in [2.05, 4.69) is 28.6 Å². The molecule has 19 heavy (non-hydrogen) atoms. The largest absolute Gasteiger partial charge is 0.493 e. The summed E-state index contributed by atoms with van der Waals surface area (Å²) in [7, 11) is 3.36. The van der Waals surface area contributed by atoms with Gasteiger partial charge in [-0.15, -0.1) is 11.8 Å². The molecule has 1 aromatic carbocycles. The lowest BCUT2D eigenvalue weighted by Gasteiger charge is -2.28. The fraction of sp³-hybridized carbons (Fsp3) is 0.571. The van der Waals surface area contributed by atoms with Gasteiger partial charge in [-0.25, -0.2) is 0 Å². The van der Waals surface area contributed by atoms with Crippen LogP contribution in [0, 0.1) is 0 Å². The molecular weight excluding hydrogens is 260 g/mol. The Hall–Kier alpha value is -0.910. The third-order valence-electron chi connectivity index (χ3n) is 3.39. The van der Waals surface area contributed by atoms with E-state index in [0.29, 0.717) is 0 Å². The topological polar surface area (TPSA) is 33.7 Å². The summed E-state index contributed by atoms with van der Waals surface area (Å²) >= 11 is 1.75. The maximum absolute atomic E-state index is 5.40. The smallest absolute Gasteiger partial charge is 0.161 e. The number of methoxy groups -OCH3 is 2. The van der Waals surface area contributed by atoms with E-state index >= 15 is 0 Å². The monoisotopic (exact) mass is 282 g/mol. The lowest BCUT2D eigenvalue weighted by Crippen LogP contribution is -2.42. The predicted octanol–water partition coefficient (Wildman–Crippen LogP) is 1.83. The van der Waals surface area contributed by atoms with E-state index in [1.165, 1.54) is 10.5 Å². The number of thioether (sulfide) groups is 1. The van der Waals surface area contributed by atoms with Gasteiger partial charge in [-0.2, -0.15) is 0 Å². The second kappa shape index (κ2) is 7.03. The SMILES string of the molecule is COc1cc(CN2CCNCC2)c(SC)cc1OC. The van der Waals surface area contributed by atoms with E-state index in [1.54, 1.807) is 26.0 Å². The van der Waals surface area contributed by atoms with Crippen LogP contribution >= 0.6 is 11.8 Å². The Morgan fingerprint density at radius 1 is 1.16 bits per heavy atom. The molecule has 1 N–H and O–H groups in total. The molecule has 0 spiro atoms. The molecule has 0 aliphatic carbocycles. The Morgan fingerprint density at radius 2 is 1.79 bits per heavy atom. The van der Waals surface area contributed by atoms with Gasteiger partial charge >= 0.3 is 0 Å². The number of ether oxygens (including phenoxy) is 2. The maximum atomic E-state index is 5.40. The first-order chi connectivity index (χ1) is 9.28. The molecule has 1 aromatic rings. The second-order valence-electron chi connectivity index (χ2n) is 4.55. The van der Waals surface area contributed by atoms with Crippen LogP contribution in [0.3, 0.4) is 0 Å². The summed E-state index contributed by atoms with van der Waals surface area (Å²) in [6, 6.07) is 4.17. The van der Waals surface area contributed by atoms with Crippen molar-refractivity contribution >= 4 is 11.8 Å². The summed E-state index contributed by atoms with van der Waals surface area (Å²) in [6.45, 7) is 5.31. The van der Waals surface area contributed by atoms with Crippen LogP contribution in [-0.4, -0.2) is 51.6 Å². The standard InChI is InChI=1S/C14H22N2O2S/c1-17-12-8-11(10-16-6-4-15-5-7-16)14(19-3)9-13(12)18-2/h8-9,15H,4-7,10H2,1-3H3. The van der Waals surface area contributed by atoms with Crippen molar-refractivity contribution in [1.29, 1.82) is 0 Å². The summed E-state index contributed by atoms with van der Waals surface area (Å²) in [5.74, 6) is 1.61. The van der Waals surface area contributed by atoms with Gasteiger partial charge in [0.05, 0.1) is 14.2 Å². The van der Waals surface area contributed by atoms with Gasteiger partial charge in [0.15, 0.2) is 11.5 Å². The fourth-order valence-electron chi connectivity index (χ4n) is 2.33. The summed E-state index contributed by atoms with van der Waals surface area (Å²) in [5.41, 5.74) is 1.31. The summed E-state index contributed by atoms with van der Waals surface area (Å²) in [4.78, 5) is 3.73. The van der Waals surface area contributed by atoms with Gasteiger partial charge in [-0.1, -0.05) is 0 Å². The third kappa shape index (κ3) is 3.55. The summed E-state index contributed by atoms with van der Waals surface area (Å²) in [6.07, 6.45) is 2.10. The van der Waals surface area contributed by atoms with Crippen LogP contribution in [0.1, 0.15) is 5.56 Å². The molecule has 0 atom stereocenters. The van der Waals surface area contributed by atoms with Crippen molar-refractivity contribution in [2.45, 2.75) is 11.4 Å². The van der Waals surface area contributed by atoms with Crippen LogP contribution < -0.4 is 14.8 Å². The number of piperazine rings is 1. The molecule has 1 aliphatic heterocycles. The van der Waals surface area contributed by atoms with Crippen molar-refractivity contribution < 1.29 is 9.47 Å². The molecule has 0 amide bonds. The predicted molar refractivity (Wildman–Crippen MR) is 79.5 cm³/mol. The highest BCUT2D eigenvalue weighted by Crippen LogP contribution is 2.35. The van der Waals surface area contributed by atoms with Gasteiger partial charge in [0.1, 0.15) is 0 Å². The van der Waals surface area contributed by atoms with E-state index in [9.17, 15) is 0 Å². The first-order valence-electron chi connectivity index (χ1n) is 6.50. The quantitative estimate of drug-likeness (QED) is 0.833. The van der Waals surface area contributed by atoms with Crippen LogP contribution in [-0.2, 0) is 6.54 Å². The Bertz CT molecular complexity index is 420. The van der Waals surface area contributed by atoms with Gasteiger partial charge in [0.25, 0.3) is 0 Å². The third-order valence-corrected chi connectivity index (χ3v) is 4.21. The average molecular weight is 282 g/mol. The highest BCUT2D eigenvalue weighted by Gasteiger charge is 2.15. The van der Waals surface area contributed by atoms with Gasteiger partial charge in [-0.3, -0.25) is 4.90 Å². The molecule has 0 saturated carbocycles. The minimum atomic E-state index is 0.802. The summed E-state index contributed by atoms with van der Waals surface area (Å²) in [5, 5.41) is 3.38. The molecule has 5 heteroatoms. The van der Waals surface area contributed by atoms with Crippen LogP contribution in [0.4, 0.5) is 0 Å².